The van der Waals surface area contributed by atoms with E-state index in [1.807, 2.05) is 36.7 Å². The van der Waals surface area contributed by atoms with Crippen molar-refractivity contribution < 1.29 is 0 Å². The summed E-state index contributed by atoms with van der Waals surface area (Å²) in [5, 5.41) is 2.09. The molecule has 0 spiro atoms. The largest absolute Gasteiger partial charge is 0.382 e. The first-order valence-electron chi connectivity index (χ1n) is 7.26. The fourth-order valence-electron chi connectivity index (χ4n) is 3.12. The summed E-state index contributed by atoms with van der Waals surface area (Å²) >= 11 is 0. The summed E-state index contributed by atoms with van der Waals surface area (Å²) in [5.74, 6) is 0.459. The van der Waals surface area contributed by atoms with Crippen molar-refractivity contribution in [2.24, 2.45) is 0 Å². The number of nitrogens with zero attached hydrogens (tertiary/aromatic N) is 4. The Morgan fingerprint density at radius 2 is 1.96 bits per heavy atom. The minimum Gasteiger partial charge on any atom is -0.382 e. The third-order valence-corrected chi connectivity index (χ3v) is 4.12. The van der Waals surface area contributed by atoms with Crippen LogP contribution in [0.15, 0.2) is 55.1 Å². The van der Waals surface area contributed by atoms with Gasteiger partial charge in [-0.05, 0) is 18.2 Å². The van der Waals surface area contributed by atoms with Crippen molar-refractivity contribution in [3.8, 4) is 5.69 Å². The van der Waals surface area contributed by atoms with Crippen molar-refractivity contribution in [1.29, 1.82) is 0 Å². The lowest BCUT2D eigenvalue weighted by Gasteiger charge is -2.08. The molecule has 5 aromatic rings. The maximum Gasteiger partial charge on any atom is 0.151 e. The van der Waals surface area contributed by atoms with Crippen molar-refractivity contribution in [2.75, 3.05) is 5.73 Å². The van der Waals surface area contributed by atoms with Crippen molar-refractivity contribution >= 4 is 38.8 Å². The average molecular weight is 300 g/mol. The van der Waals surface area contributed by atoms with Crippen LogP contribution in [-0.4, -0.2) is 24.5 Å². The highest BCUT2D eigenvalue weighted by Gasteiger charge is 2.16. The molecule has 0 aliphatic rings. The smallest absolute Gasteiger partial charge is 0.151 e. The number of rotatable bonds is 1. The van der Waals surface area contributed by atoms with Gasteiger partial charge in [-0.15, -0.1) is 0 Å². The lowest BCUT2D eigenvalue weighted by Crippen LogP contribution is -2.00. The molecule has 0 saturated heterocycles. The van der Waals surface area contributed by atoms with E-state index in [9.17, 15) is 0 Å². The molecule has 0 atom stereocenters. The van der Waals surface area contributed by atoms with Crippen LogP contribution in [0.1, 0.15) is 0 Å². The quantitative estimate of drug-likeness (QED) is 0.498. The number of hydrogen-bond donors (Lipinski definition) is 2. The highest BCUT2D eigenvalue weighted by atomic mass is 15.1. The number of pyridine rings is 1. The van der Waals surface area contributed by atoms with Gasteiger partial charge in [0, 0.05) is 17.0 Å². The Bertz CT molecular complexity index is 1180. The summed E-state index contributed by atoms with van der Waals surface area (Å²) < 4.78 is 2.07. The molecule has 0 aliphatic carbocycles. The minimum atomic E-state index is 0.459. The van der Waals surface area contributed by atoms with Gasteiger partial charge in [0.1, 0.15) is 23.0 Å². The maximum absolute atomic E-state index is 6.15. The first-order valence-corrected chi connectivity index (χ1v) is 7.26. The van der Waals surface area contributed by atoms with Crippen LogP contribution in [0.3, 0.4) is 0 Å². The van der Waals surface area contributed by atoms with E-state index in [1.165, 1.54) is 6.33 Å². The van der Waals surface area contributed by atoms with Crippen molar-refractivity contribution in [3.05, 3.63) is 55.1 Å². The zero-order valence-corrected chi connectivity index (χ0v) is 12.1. The lowest BCUT2D eigenvalue weighted by atomic mass is 10.2. The summed E-state index contributed by atoms with van der Waals surface area (Å²) in [7, 11) is 0. The zero-order valence-electron chi connectivity index (χ0n) is 12.1. The molecular formula is C17H12N6. The number of fused-ring (bicyclic) bond motifs is 4. The number of nitrogens with two attached hydrogens (primary N) is 1. The Kier molecular flexibility index (Phi) is 2.27. The van der Waals surface area contributed by atoms with Gasteiger partial charge < -0.3 is 15.3 Å². The van der Waals surface area contributed by atoms with E-state index < -0.39 is 0 Å². The zero-order chi connectivity index (χ0) is 15.4. The molecule has 0 radical (unpaired) electrons. The summed E-state index contributed by atoms with van der Waals surface area (Å²) in [6, 6.07) is 12.2. The van der Waals surface area contributed by atoms with Crippen molar-refractivity contribution in [3.63, 3.8) is 0 Å². The van der Waals surface area contributed by atoms with E-state index in [4.69, 9.17) is 5.73 Å². The lowest BCUT2D eigenvalue weighted by molar-refractivity contribution is 1.13. The molecule has 5 rings (SSSR count). The van der Waals surface area contributed by atoms with Gasteiger partial charge in [0.15, 0.2) is 5.82 Å². The monoisotopic (exact) mass is 300 g/mol. The highest BCUT2D eigenvalue weighted by Crippen LogP contribution is 2.32. The molecule has 4 heterocycles. The molecule has 0 unspecified atom stereocenters. The van der Waals surface area contributed by atoms with Gasteiger partial charge in [0.2, 0.25) is 0 Å². The first kappa shape index (κ1) is 12.2. The molecule has 0 bridgehead atoms. The Morgan fingerprint density at radius 3 is 2.91 bits per heavy atom. The molecule has 0 saturated carbocycles. The maximum atomic E-state index is 6.15. The number of hydrogen-bond acceptors (Lipinski definition) is 4. The Labute approximate surface area is 130 Å². The second-order valence-corrected chi connectivity index (χ2v) is 5.42. The van der Waals surface area contributed by atoms with Gasteiger partial charge in [-0.2, -0.15) is 0 Å². The molecule has 1 aromatic carbocycles. The number of para-hydroxylation sites is 1. The predicted octanol–water partition coefficient (Wildman–Crippen LogP) is 3.03. The Balaban J connectivity index is 1.98. The standard InChI is InChI=1S/C17H12N6/c18-16-15-14(21-9-22-16)12-3-1-2-4-13(12)23(15)11-7-10-5-6-19-17(10)20-8-11/h1-9H,(H,19,20)(H2,18,21,22). The summed E-state index contributed by atoms with van der Waals surface area (Å²) in [6.45, 7) is 0. The number of aromatic nitrogens is 5. The van der Waals surface area contributed by atoms with E-state index in [0.717, 1.165) is 38.7 Å². The van der Waals surface area contributed by atoms with Gasteiger partial charge >= 0.3 is 0 Å². The molecule has 6 nitrogen and oxygen atoms in total. The van der Waals surface area contributed by atoms with E-state index in [0.29, 0.717) is 5.82 Å². The average Bonchev–Trinajstić information content (AvgIpc) is 3.17. The number of nitrogen functional groups attached to an aromatic ring is 1. The van der Waals surface area contributed by atoms with Crippen LogP contribution >= 0.6 is 0 Å². The fourth-order valence-corrected chi connectivity index (χ4v) is 3.12. The van der Waals surface area contributed by atoms with E-state index in [2.05, 4.69) is 36.6 Å². The van der Waals surface area contributed by atoms with E-state index in [1.54, 1.807) is 0 Å². The van der Waals surface area contributed by atoms with Crippen LogP contribution in [0.5, 0.6) is 0 Å². The third-order valence-electron chi connectivity index (χ3n) is 4.12. The fraction of sp³-hybridized carbons (Fsp3) is 0. The number of anilines is 1. The predicted molar refractivity (Wildman–Crippen MR) is 90.4 cm³/mol. The SMILES string of the molecule is Nc1ncnc2c3ccccc3n(-c3cnc4[nH]ccc4c3)c12. The molecule has 23 heavy (non-hydrogen) atoms. The number of H-pyrrole nitrogens is 1. The van der Waals surface area contributed by atoms with Crippen LogP contribution in [0.2, 0.25) is 0 Å². The minimum absolute atomic E-state index is 0.459. The molecule has 6 heteroatoms. The van der Waals surface area contributed by atoms with E-state index >= 15 is 0 Å². The Hall–Kier alpha value is -3.41. The van der Waals surface area contributed by atoms with Crippen molar-refractivity contribution in [2.45, 2.75) is 0 Å². The van der Waals surface area contributed by atoms with Gasteiger partial charge in [0.25, 0.3) is 0 Å². The molecule has 110 valence electrons. The molecule has 0 amide bonds. The number of aromatic amines is 1. The van der Waals surface area contributed by atoms with Crippen LogP contribution in [-0.2, 0) is 0 Å². The molecule has 3 N–H and O–H groups in total. The first-order chi connectivity index (χ1) is 11.3. The second kappa shape index (κ2) is 4.30. The number of benzene rings is 1. The van der Waals surface area contributed by atoms with Gasteiger partial charge in [-0.3, -0.25) is 0 Å². The van der Waals surface area contributed by atoms with E-state index in [-0.39, 0.29) is 0 Å². The highest BCUT2D eigenvalue weighted by molar-refractivity contribution is 6.10. The van der Waals surface area contributed by atoms with Gasteiger partial charge in [-0.25, -0.2) is 15.0 Å². The third kappa shape index (κ3) is 1.60. The molecular weight excluding hydrogens is 288 g/mol. The number of nitrogens with one attached hydrogen (secondary N) is 1. The van der Waals surface area contributed by atoms with Crippen LogP contribution in [0.4, 0.5) is 5.82 Å². The molecule has 4 aromatic heterocycles. The van der Waals surface area contributed by atoms with Crippen LogP contribution in [0.25, 0.3) is 38.7 Å². The summed E-state index contributed by atoms with van der Waals surface area (Å²) in [4.78, 5) is 16.2. The normalized spacial score (nSPS) is 11.7. The van der Waals surface area contributed by atoms with Crippen molar-refractivity contribution in [1.82, 2.24) is 24.5 Å². The summed E-state index contributed by atoms with van der Waals surface area (Å²) in [6.07, 6.45) is 5.21. The van der Waals surface area contributed by atoms with Gasteiger partial charge in [0.05, 0.1) is 17.4 Å². The Morgan fingerprint density at radius 1 is 1.04 bits per heavy atom. The molecule has 0 fully saturated rings. The van der Waals surface area contributed by atoms with Gasteiger partial charge in [-0.1, -0.05) is 18.2 Å². The topological polar surface area (TPSA) is 85.4 Å². The molecule has 0 aliphatic heterocycles. The van der Waals surface area contributed by atoms with Crippen LogP contribution < -0.4 is 5.73 Å². The second-order valence-electron chi connectivity index (χ2n) is 5.42. The van der Waals surface area contributed by atoms with Crippen LogP contribution in [0, 0.1) is 0 Å². The summed E-state index contributed by atoms with van der Waals surface area (Å²) in [5.41, 5.74) is 10.6.